The summed E-state index contributed by atoms with van der Waals surface area (Å²) in [6.07, 6.45) is 0.235. The van der Waals surface area contributed by atoms with Crippen LogP contribution >= 0.6 is 0 Å². The molecule has 1 unspecified atom stereocenters. The number of nitrogens with one attached hydrogen (secondary N) is 3. The molecule has 1 aliphatic rings. The van der Waals surface area contributed by atoms with Crippen molar-refractivity contribution in [3.63, 3.8) is 0 Å². The molecule has 182 valence electrons. The van der Waals surface area contributed by atoms with Crippen molar-refractivity contribution in [1.29, 1.82) is 0 Å². The van der Waals surface area contributed by atoms with Crippen LogP contribution in [0.3, 0.4) is 0 Å². The summed E-state index contributed by atoms with van der Waals surface area (Å²) in [5, 5.41) is 15.3. The molecule has 0 saturated carbocycles. The fourth-order valence-corrected chi connectivity index (χ4v) is 3.64. The second-order valence-electron chi connectivity index (χ2n) is 7.87. The Morgan fingerprint density at radius 2 is 1.37 bits per heavy atom. The molecule has 0 aromatic heterocycles. The van der Waals surface area contributed by atoms with Crippen LogP contribution in [0.5, 0.6) is 0 Å². The molecule has 7 heteroatoms. The number of hydrazone groups is 1. The quantitative estimate of drug-likeness (QED) is 0.426. The molecule has 3 aromatic carbocycles. The van der Waals surface area contributed by atoms with Gasteiger partial charge in [0.05, 0.1) is 5.69 Å². The third-order valence-corrected chi connectivity index (χ3v) is 5.37. The lowest BCUT2D eigenvalue weighted by Gasteiger charge is -2.32. The summed E-state index contributed by atoms with van der Waals surface area (Å²) in [7, 11) is 0. The molecular weight excluding hydrogens is 438 g/mol. The SMILES string of the molecule is CCC(=O)NC1(Nc2ccccc2)C(=O)N(c2ccccc2)N=C1c1ccccc1.CCNCC. The normalized spacial score (nSPS) is 16.7. The number of para-hydroxylation sites is 2. The summed E-state index contributed by atoms with van der Waals surface area (Å²) < 4.78 is 0. The fourth-order valence-electron chi connectivity index (χ4n) is 3.64. The molecule has 1 heterocycles. The molecule has 7 nitrogen and oxygen atoms in total. The van der Waals surface area contributed by atoms with E-state index in [4.69, 9.17) is 0 Å². The number of hydrogen-bond acceptors (Lipinski definition) is 5. The number of rotatable bonds is 8. The van der Waals surface area contributed by atoms with Gasteiger partial charge in [0.1, 0.15) is 5.71 Å². The molecule has 0 fully saturated rings. The van der Waals surface area contributed by atoms with Crippen LogP contribution in [0.25, 0.3) is 0 Å². The van der Waals surface area contributed by atoms with Gasteiger partial charge in [0.25, 0.3) is 0 Å². The zero-order chi connectivity index (χ0) is 25.1. The van der Waals surface area contributed by atoms with Crippen molar-refractivity contribution in [3.05, 3.63) is 96.6 Å². The smallest absolute Gasteiger partial charge is 0.300 e. The molecule has 2 amide bonds. The van der Waals surface area contributed by atoms with Gasteiger partial charge < -0.3 is 16.0 Å². The Morgan fingerprint density at radius 3 is 1.89 bits per heavy atom. The van der Waals surface area contributed by atoms with E-state index >= 15 is 0 Å². The largest absolute Gasteiger partial charge is 0.350 e. The van der Waals surface area contributed by atoms with Gasteiger partial charge in [-0.1, -0.05) is 87.5 Å². The van der Waals surface area contributed by atoms with E-state index in [2.05, 4.69) is 34.9 Å². The van der Waals surface area contributed by atoms with Gasteiger partial charge in [0.15, 0.2) is 0 Å². The van der Waals surface area contributed by atoms with Crippen LogP contribution in [-0.4, -0.2) is 36.3 Å². The Kier molecular flexibility index (Phi) is 9.15. The van der Waals surface area contributed by atoms with E-state index in [1.54, 1.807) is 6.92 Å². The maximum Gasteiger partial charge on any atom is 0.300 e. The molecule has 3 N–H and O–H groups in total. The first-order valence-corrected chi connectivity index (χ1v) is 11.9. The van der Waals surface area contributed by atoms with Gasteiger partial charge in [-0.05, 0) is 37.4 Å². The Balaban J connectivity index is 0.000000623. The molecular formula is C28H33N5O2. The van der Waals surface area contributed by atoms with Gasteiger partial charge in [-0.25, -0.2) is 0 Å². The van der Waals surface area contributed by atoms with Gasteiger partial charge >= 0.3 is 5.91 Å². The minimum atomic E-state index is -1.54. The van der Waals surface area contributed by atoms with Crippen LogP contribution in [0, 0.1) is 0 Å². The van der Waals surface area contributed by atoms with Crippen molar-refractivity contribution < 1.29 is 9.59 Å². The average Bonchev–Trinajstić information content (AvgIpc) is 3.18. The molecule has 0 saturated heterocycles. The van der Waals surface area contributed by atoms with Crippen molar-refractivity contribution in [2.45, 2.75) is 32.9 Å². The zero-order valence-corrected chi connectivity index (χ0v) is 20.5. The van der Waals surface area contributed by atoms with E-state index in [9.17, 15) is 9.59 Å². The lowest BCUT2D eigenvalue weighted by Crippen LogP contribution is -2.65. The lowest BCUT2D eigenvalue weighted by atomic mass is 9.95. The maximum absolute atomic E-state index is 13.8. The Bertz CT molecular complexity index is 1120. The van der Waals surface area contributed by atoms with Crippen LogP contribution in [0.1, 0.15) is 32.8 Å². The summed E-state index contributed by atoms with van der Waals surface area (Å²) in [6.45, 7) is 8.14. The van der Waals surface area contributed by atoms with Crippen LogP contribution in [0.4, 0.5) is 11.4 Å². The predicted octanol–water partition coefficient (Wildman–Crippen LogP) is 4.39. The number of carbonyl (C=O) groups is 2. The Morgan fingerprint density at radius 1 is 0.829 bits per heavy atom. The highest BCUT2D eigenvalue weighted by Crippen LogP contribution is 2.31. The van der Waals surface area contributed by atoms with Crippen molar-refractivity contribution in [1.82, 2.24) is 10.6 Å². The molecule has 35 heavy (non-hydrogen) atoms. The van der Waals surface area contributed by atoms with Gasteiger partial charge in [-0.2, -0.15) is 10.1 Å². The Labute approximate surface area is 207 Å². The minimum absolute atomic E-state index is 0.235. The van der Waals surface area contributed by atoms with Gasteiger partial charge in [0, 0.05) is 17.7 Å². The van der Waals surface area contributed by atoms with Crippen molar-refractivity contribution in [2.75, 3.05) is 23.4 Å². The van der Waals surface area contributed by atoms with E-state index in [1.165, 1.54) is 5.01 Å². The molecule has 1 atom stereocenters. The van der Waals surface area contributed by atoms with Crippen LogP contribution in [0.15, 0.2) is 96.1 Å². The molecule has 3 aromatic rings. The zero-order valence-electron chi connectivity index (χ0n) is 20.5. The summed E-state index contributed by atoms with van der Waals surface area (Å²) in [6, 6.07) is 27.9. The van der Waals surface area contributed by atoms with E-state index in [0.717, 1.165) is 18.7 Å². The fraction of sp³-hybridized carbons (Fsp3) is 0.250. The standard InChI is InChI=1S/C24H22N4O2.C4H11N/c1-2-21(29)26-24(25-19-14-8-4-9-15-19)22(18-12-6-3-7-13-18)27-28(23(24)30)20-16-10-5-11-17-20;1-3-5-4-2/h3-17,25H,2H2,1H3,(H,26,29);5H,3-4H2,1-2H3. The van der Waals surface area contributed by atoms with Gasteiger partial charge in [0.2, 0.25) is 11.6 Å². The van der Waals surface area contributed by atoms with Crippen molar-refractivity contribution in [3.8, 4) is 0 Å². The summed E-state index contributed by atoms with van der Waals surface area (Å²) >= 11 is 0. The highest BCUT2D eigenvalue weighted by Gasteiger charge is 2.53. The number of nitrogens with zero attached hydrogens (tertiary/aromatic N) is 2. The highest BCUT2D eigenvalue weighted by atomic mass is 16.2. The first-order valence-electron chi connectivity index (χ1n) is 11.9. The number of hydrogen-bond donors (Lipinski definition) is 3. The maximum atomic E-state index is 13.8. The van der Waals surface area contributed by atoms with E-state index in [0.29, 0.717) is 17.1 Å². The predicted molar refractivity (Wildman–Crippen MR) is 142 cm³/mol. The van der Waals surface area contributed by atoms with E-state index < -0.39 is 5.66 Å². The summed E-state index contributed by atoms with van der Waals surface area (Å²) in [5.41, 5.74) is 0.956. The molecule has 0 radical (unpaired) electrons. The second kappa shape index (κ2) is 12.5. The molecule has 0 aliphatic carbocycles. The molecule has 1 aliphatic heterocycles. The van der Waals surface area contributed by atoms with E-state index in [-0.39, 0.29) is 18.2 Å². The second-order valence-corrected chi connectivity index (χ2v) is 7.87. The van der Waals surface area contributed by atoms with Crippen molar-refractivity contribution in [2.24, 2.45) is 5.10 Å². The molecule has 4 rings (SSSR count). The van der Waals surface area contributed by atoms with Gasteiger partial charge in [-0.15, -0.1) is 0 Å². The van der Waals surface area contributed by atoms with Crippen LogP contribution in [-0.2, 0) is 9.59 Å². The number of amides is 2. The minimum Gasteiger partial charge on any atom is -0.350 e. The summed E-state index contributed by atoms with van der Waals surface area (Å²) in [5.74, 6) is -0.636. The first-order chi connectivity index (χ1) is 17.1. The number of anilines is 2. The summed E-state index contributed by atoms with van der Waals surface area (Å²) in [4.78, 5) is 26.4. The van der Waals surface area contributed by atoms with Crippen LogP contribution in [0.2, 0.25) is 0 Å². The monoisotopic (exact) mass is 471 g/mol. The third kappa shape index (κ3) is 6.13. The number of benzene rings is 3. The topological polar surface area (TPSA) is 85.8 Å². The van der Waals surface area contributed by atoms with Crippen molar-refractivity contribution >= 4 is 28.9 Å². The Hall–Kier alpha value is -3.97. The van der Waals surface area contributed by atoms with E-state index in [1.807, 2.05) is 91.0 Å². The molecule has 0 spiro atoms. The number of carbonyl (C=O) groups excluding carboxylic acids is 2. The van der Waals surface area contributed by atoms with Gasteiger partial charge in [-0.3, -0.25) is 9.59 Å². The highest BCUT2D eigenvalue weighted by molar-refractivity contribution is 6.30. The third-order valence-electron chi connectivity index (χ3n) is 5.37. The molecule has 0 bridgehead atoms. The first kappa shape index (κ1) is 25.6. The van der Waals surface area contributed by atoms with Crippen LogP contribution < -0.4 is 21.0 Å². The lowest BCUT2D eigenvalue weighted by molar-refractivity contribution is -0.127. The average molecular weight is 472 g/mol.